The van der Waals surface area contributed by atoms with Gasteiger partial charge in [0.2, 0.25) is 0 Å². The van der Waals surface area contributed by atoms with Crippen molar-refractivity contribution in [3.63, 3.8) is 0 Å². The summed E-state index contributed by atoms with van der Waals surface area (Å²) in [5.74, 6) is 1.05. The Balaban J connectivity index is 1.42. The summed E-state index contributed by atoms with van der Waals surface area (Å²) < 4.78 is 13.4. The molecule has 0 amide bonds. The van der Waals surface area contributed by atoms with Crippen LogP contribution in [0.1, 0.15) is 5.56 Å². The number of aromatic amines is 1. The van der Waals surface area contributed by atoms with Crippen molar-refractivity contribution in [2.75, 3.05) is 11.9 Å². The van der Waals surface area contributed by atoms with Gasteiger partial charge in [0.15, 0.2) is 5.82 Å². The zero-order valence-electron chi connectivity index (χ0n) is 16.7. The molecule has 3 heterocycles. The van der Waals surface area contributed by atoms with E-state index in [9.17, 15) is 4.39 Å². The standard InChI is InChI=1S/C25H20FN5/c26-20-7-5-17(6-8-20)23-15-24(31-25(30-23)18-9-12-27-13-10-18)28-14-11-19-16-29-22-4-2-1-3-21(19)22/h1-10,12-13,15-16,29H,11,14H2,(H,28,30,31). The van der Waals surface area contributed by atoms with Gasteiger partial charge in [0.1, 0.15) is 11.6 Å². The highest BCUT2D eigenvalue weighted by atomic mass is 19.1. The third-order valence-corrected chi connectivity index (χ3v) is 5.18. The Morgan fingerprint density at radius 2 is 1.68 bits per heavy atom. The molecule has 2 N–H and O–H groups in total. The summed E-state index contributed by atoms with van der Waals surface area (Å²) in [6, 6.07) is 20.3. The molecule has 0 aliphatic rings. The maximum Gasteiger partial charge on any atom is 0.162 e. The van der Waals surface area contributed by atoms with E-state index >= 15 is 0 Å². The lowest BCUT2D eigenvalue weighted by Gasteiger charge is -2.10. The van der Waals surface area contributed by atoms with Gasteiger partial charge in [-0.15, -0.1) is 0 Å². The lowest BCUT2D eigenvalue weighted by molar-refractivity contribution is 0.628. The molecule has 0 atom stereocenters. The minimum atomic E-state index is -0.274. The van der Waals surface area contributed by atoms with E-state index in [0.717, 1.165) is 41.1 Å². The van der Waals surface area contributed by atoms with Crippen LogP contribution >= 0.6 is 0 Å². The summed E-state index contributed by atoms with van der Waals surface area (Å²) in [7, 11) is 0. The number of para-hydroxylation sites is 1. The molecule has 152 valence electrons. The zero-order chi connectivity index (χ0) is 21.0. The molecule has 0 saturated carbocycles. The Morgan fingerprint density at radius 1 is 0.871 bits per heavy atom. The van der Waals surface area contributed by atoms with Crippen LogP contribution in [0, 0.1) is 5.82 Å². The van der Waals surface area contributed by atoms with Crippen molar-refractivity contribution in [2.24, 2.45) is 0 Å². The number of halogens is 1. The Labute approximate surface area is 179 Å². The normalized spacial score (nSPS) is 11.0. The number of rotatable bonds is 6. The molecular formula is C25H20FN5. The average molecular weight is 409 g/mol. The highest BCUT2D eigenvalue weighted by Gasteiger charge is 2.10. The van der Waals surface area contributed by atoms with Gasteiger partial charge in [0.25, 0.3) is 0 Å². The average Bonchev–Trinajstić information content (AvgIpc) is 3.23. The van der Waals surface area contributed by atoms with Crippen molar-refractivity contribution in [3.05, 3.63) is 96.7 Å². The lowest BCUT2D eigenvalue weighted by Crippen LogP contribution is -2.07. The van der Waals surface area contributed by atoms with Crippen LogP contribution in [-0.2, 0) is 6.42 Å². The third kappa shape index (κ3) is 4.14. The van der Waals surface area contributed by atoms with Gasteiger partial charge >= 0.3 is 0 Å². The number of hydrogen-bond donors (Lipinski definition) is 2. The maximum absolute atomic E-state index is 13.4. The van der Waals surface area contributed by atoms with E-state index in [2.05, 4.69) is 33.6 Å². The summed E-state index contributed by atoms with van der Waals surface area (Å²) in [6.45, 7) is 0.720. The van der Waals surface area contributed by atoms with E-state index in [-0.39, 0.29) is 5.82 Å². The second-order valence-corrected chi connectivity index (χ2v) is 7.24. The van der Waals surface area contributed by atoms with Gasteiger partial charge in [-0.05, 0) is 54.4 Å². The number of aromatic nitrogens is 4. The van der Waals surface area contributed by atoms with Gasteiger partial charge in [0.05, 0.1) is 5.69 Å². The number of pyridine rings is 1. The summed E-state index contributed by atoms with van der Waals surface area (Å²) >= 11 is 0. The van der Waals surface area contributed by atoms with Crippen LogP contribution in [0.5, 0.6) is 0 Å². The lowest BCUT2D eigenvalue weighted by atomic mass is 10.1. The van der Waals surface area contributed by atoms with Crippen LogP contribution in [-0.4, -0.2) is 26.5 Å². The van der Waals surface area contributed by atoms with Gasteiger partial charge in [-0.1, -0.05) is 18.2 Å². The van der Waals surface area contributed by atoms with Crippen molar-refractivity contribution in [2.45, 2.75) is 6.42 Å². The molecule has 5 aromatic rings. The molecular weight excluding hydrogens is 389 g/mol. The van der Waals surface area contributed by atoms with E-state index in [4.69, 9.17) is 9.97 Å². The molecule has 6 heteroatoms. The Morgan fingerprint density at radius 3 is 2.52 bits per heavy atom. The van der Waals surface area contributed by atoms with E-state index in [1.807, 2.05) is 30.3 Å². The van der Waals surface area contributed by atoms with Crippen molar-refractivity contribution >= 4 is 16.7 Å². The first-order valence-electron chi connectivity index (χ1n) is 10.1. The number of nitrogens with zero attached hydrogens (tertiary/aromatic N) is 3. The number of hydrogen-bond acceptors (Lipinski definition) is 4. The predicted molar refractivity (Wildman–Crippen MR) is 121 cm³/mol. The molecule has 0 unspecified atom stereocenters. The van der Waals surface area contributed by atoms with Crippen LogP contribution in [0.15, 0.2) is 85.3 Å². The van der Waals surface area contributed by atoms with Gasteiger partial charge in [-0.3, -0.25) is 4.98 Å². The molecule has 0 aliphatic carbocycles. The molecule has 5 nitrogen and oxygen atoms in total. The molecule has 0 spiro atoms. The summed E-state index contributed by atoms with van der Waals surface area (Å²) in [6.07, 6.45) is 6.34. The summed E-state index contributed by atoms with van der Waals surface area (Å²) in [4.78, 5) is 16.8. The molecule has 0 bridgehead atoms. The van der Waals surface area contributed by atoms with Crippen LogP contribution < -0.4 is 5.32 Å². The van der Waals surface area contributed by atoms with Crippen LogP contribution in [0.2, 0.25) is 0 Å². The fourth-order valence-electron chi connectivity index (χ4n) is 3.60. The van der Waals surface area contributed by atoms with Crippen LogP contribution in [0.3, 0.4) is 0 Å². The summed E-state index contributed by atoms with van der Waals surface area (Å²) in [5, 5.41) is 4.66. The zero-order valence-corrected chi connectivity index (χ0v) is 16.7. The molecule has 2 aromatic carbocycles. The predicted octanol–water partition coefficient (Wildman–Crippen LogP) is 5.48. The van der Waals surface area contributed by atoms with Crippen molar-refractivity contribution < 1.29 is 4.39 Å². The highest BCUT2D eigenvalue weighted by molar-refractivity contribution is 5.83. The number of H-pyrrole nitrogens is 1. The van der Waals surface area contributed by atoms with Crippen LogP contribution in [0.4, 0.5) is 10.2 Å². The molecule has 5 rings (SSSR count). The van der Waals surface area contributed by atoms with Gasteiger partial charge in [-0.25, -0.2) is 14.4 Å². The van der Waals surface area contributed by atoms with Crippen molar-refractivity contribution in [1.29, 1.82) is 0 Å². The maximum atomic E-state index is 13.4. The Hall–Kier alpha value is -4.06. The first-order valence-corrected chi connectivity index (χ1v) is 10.1. The minimum absolute atomic E-state index is 0.274. The smallest absolute Gasteiger partial charge is 0.162 e. The van der Waals surface area contributed by atoms with Gasteiger partial charge < -0.3 is 10.3 Å². The largest absolute Gasteiger partial charge is 0.370 e. The van der Waals surface area contributed by atoms with Crippen LogP contribution in [0.25, 0.3) is 33.5 Å². The van der Waals surface area contributed by atoms with Crippen molar-refractivity contribution in [1.82, 2.24) is 19.9 Å². The fourth-order valence-corrected chi connectivity index (χ4v) is 3.60. The fraction of sp³-hybridized carbons (Fsp3) is 0.0800. The van der Waals surface area contributed by atoms with E-state index < -0.39 is 0 Å². The Kier molecular flexibility index (Phi) is 5.10. The first-order chi connectivity index (χ1) is 15.3. The molecule has 0 fully saturated rings. The number of benzene rings is 2. The highest BCUT2D eigenvalue weighted by Crippen LogP contribution is 2.25. The quantitative estimate of drug-likeness (QED) is 0.390. The molecule has 31 heavy (non-hydrogen) atoms. The molecule has 3 aromatic heterocycles. The van der Waals surface area contributed by atoms with Crippen molar-refractivity contribution in [3.8, 4) is 22.6 Å². The first kappa shape index (κ1) is 18.9. The minimum Gasteiger partial charge on any atom is -0.370 e. The topological polar surface area (TPSA) is 66.5 Å². The van der Waals surface area contributed by atoms with E-state index in [1.54, 1.807) is 24.5 Å². The summed E-state index contributed by atoms with van der Waals surface area (Å²) in [5.41, 5.74) is 4.83. The Bertz CT molecular complexity index is 1310. The molecule has 0 radical (unpaired) electrons. The van der Waals surface area contributed by atoms with Gasteiger partial charge in [-0.2, -0.15) is 0 Å². The number of fused-ring (bicyclic) bond motifs is 1. The van der Waals surface area contributed by atoms with E-state index in [0.29, 0.717) is 5.82 Å². The number of nitrogens with one attached hydrogen (secondary N) is 2. The monoisotopic (exact) mass is 409 g/mol. The molecule has 0 saturated heterocycles. The number of anilines is 1. The SMILES string of the molecule is Fc1ccc(-c2cc(NCCc3c[nH]c4ccccc34)nc(-c3ccncc3)n2)cc1. The second kappa shape index (κ2) is 8.36. The van der Waals surface area contributed by atoms with Gasteiger partial charge in [0, 0.05) is 53.2 Å². The second-order valence-electron chi connectivity index (χ2n) is 7.24. The van der Waals surface area contributed by atoms with E-state index in [1.165, 1.54) is 23.1 Å². The third-order valence-electron chi connectivity index (χ3n) is 5.18. The molecule has 0 aliphatic heterocycles.